The van der Waals surface area contributed by atoms with Crippen LogP contribution < -0.4 is 4.72 Å². The number of nitrogens with zero attached hydrogens (tertiary/aromatic N) is 2. The molecule has 0 saturated heterocycles. The summed E-state index contributed by atoms with van der Waals surface area (Å²) in [6, 6.07) is 0. The highest BCUT2D eigenvalue weighted by Gasteiger charge is 2.33. The van der Waals surface area contributed by atoms with E-state index in [1.807, 2.05) is 4.72 Å². The first kappa shape index (κ1) is 24.4. The second-order valence-electron chi connectivity index (χ2n) is 6.49. The standard InChI is InChI=1S/C14H19F4N3O5S2/c1-19-13-9(15)11(17)14(12(18)10(13)16)28(25,26)20-5-7-21(2,3)6-4-8-27(22,23)24/h20H,1,4-8H2,2-3H3. The third kappa shape index (κ3) is 6.20. The summed E-state index contributed by atoms with van der Waals surface area (Å²) < 4.78 is 113. The predicted octanol–water partition coefficient (Wildman–Crippen LogP) is 0.865. The monoisotopic (exact) mass is 449 g/mol. The van der Waals surface area contributed by atoms with Crippen LogP contribution in [0.1, 0.15) is 6.42 Å². The molecule has 0 aliphatic rings. The molecule has 0 saturated carbocycles. The second-order valence-corrected chi connectivity index (χ2v) is 9.72. The summed E-state index contributed by atoms with van der Waals surface area (Å²) in [6.45, 7) is 2.59. The molecule has 0 spiro atoms. The molecule has 1 aromatic rings. The maximum atomic E-state index is 13.9. The highest BCUT2D eigenvalue weighted by Crippen LogP contribution is 2.32. The first-order valence-electron chi connectivity index (χ1n) is 7.71. The lowest BCUT2D eigenvalue weighted by atomic mass is 10.2. The molecule has 8 nitrogen and oxygen atoms in total. The van der Waals surface area contributed by atoms with Crippen molar-refractivity contribution in [3.05, 3.63) is 23.3 Å². The zero-order valence-electron chi connectivity index (χ0n) is 15.0. The lowest BCUT2D eigenvalue weighted by Gasteiger charge is -2.30. The zero-order valence-corrected chi connectivity index (χ0v) is 16.6. The van der Waals surface area contributed by atoms with Gasteiger partial charge in [0.05, 0.1) is 43.8 Å². The molecule has 0 aliphatic heterocycles. The Morgan fingerprint density at radius 2 is 1.50 bits per heavy atom. The van der Waals surface area contributed by atoms with Crippen molar-refractivity contribution >= 4 is 32.5 Å². The van der Waals surface area contributed by atoms with E-state index in [0.717, 1.165) is 0 Å². The lowest BCUT2D eigenvalue weighted by molar-refractivity contribution is -0.889. The molecule has 0 aliphatic carbocycles. The Kier molecular flexibility index (Phi) is 7.69. The molecule has 0 heterocycles. The van der Waals surface area contributed by atoms with Gasteiger partial charge in [0.1, 0.15) is 5.69 Å². The van der Waals surface area contributed by atoms with E-state index < -0.39 is 59.7 Å². The first-order chi connectivity index (χ1) is 12.6. The average molecular weight is 449 g/mol. The third-order valence-corrected chi connectivity index (χ3v) is 6.06. The van der Waals surface area contributed by atoms with E-state index in [-0.39, 0.29) is 30.5 Å². The summed E-state index contributed by atoms with van der Waals surface area (Å²) in [5.41, 5.74) is -1.37. The van der Waals surface area contributed by atoms with E-state index in [0.29, 0.717) is 0 Å². The average Bonchev–Trinajstić information content (AvgIpc) is 2.51. The van der Waals surface area contributed by atoms with Crippen molar-refractivity contribution in [1.29, 1.82) is 0 Å². The van der Waals surface area contributed by atoms with Crippen LogP contribution in [0.3, 0.4) is 0 Å². The van der Waals surface area contributed by atoms with Gasteiger partial charge < -0.3 is 9.04 Å². The van der Waals surface area contributed by atoms with Gasteiger partial charge in [0.2, 0.25) is 10.0 Å². The van der Waals surface area contributed by atoms with Gasteiger partial charge in [-0.05, 0) is 6.72 Å². The van der Waals surface area contributed by atoms with E-state index in [2.05, 4.69) is 11.7 Å². The number of nitrogens with one attached hydrogen (secondary N) is 1. The minimum Gasteiger partial charge on any atom is -0.748 e. The second kappa shape index (κ2) is 8.82. The van der Waals surface area contributed by atoms with Crippen LogP contribution in [0, 0.1) is 23.3 Å². The third-order valence-electron chi connectivity index (χ3n) is 3.79. The molecule has 0 aromatic heterocycles. The van der Waals surface area contributed by atoms with Gasteiger partial charge in [0, 0.05) is 12.2 Å². The first-order valence-corrected chi connectivity index (χ1v) is 10.8. The van der Waals surface area contributed by atoms with Crippen molar-refractivity contribution in [2.75, 3.05) is 39.5 Å². The summed E-state index contributed by atoms with van der Waals surface area (Å²) >= 11 is 0. The Morgan fingerprint density at radius 3 is 1.93 bits per heavy atom. The number of hydrogen-bond donors (Lipinski definition) is 1. The Morgan fingerprint density at radius 1 is 1.00 bits per heavy atom. The molecule has 160 valence electrons. The van der Waals surface area contributed by atoms with Gasteiger partial charge in [-0.2, -0.15) is 0 Å². The van der Waals surface area contributed by atoms with Crippen LogP contribution in [0.4, 0.5) is 23.2 Å². The molecule has 1 rings (SSSR count). The van der Waals surface area contributed by atoms with E-state index in [1.165, 1.54) is 0 Å². The van der Waals surface area contributed by atoms with Gasteiger partial charge in [-0.1, -0.05) is 0 Å². The molecule has 0 bridgehead atoms. The van der Waals surface area contributed by atoms with Crippen LogP contribution in [0.25, 0.3) is 0 Å². The fourth-order valence-electron chi connectivity index (χ4n) is 2.31. The van der Waals surface area contributed by atoms with Crippen molar-refractivity contribution in [1.82, 2.24) is 4.72 Å². The number of sulfonamides is 1. The van der Waals surface area contributed by atoms with E-state index in [1.54, 1.807) is 14.1 Å². The summed E-state index contributed by atoms with van der Waals surface area (Å²) in [6.07, 6.45) is 0.0152. The van der Waals surface area contributed by atoms with Gasteiger partial charge in [-0.15, -0.1) is 0 Å². The van der Waals surface area contributed by atoms with Crippen LogP contribution in [0.15, 0.2) is 9.89 Å². The van der Waals surface area contributed by atoms with Crippen molar-refractivity contribution in [2.45, 2.75) is 11.3 Å². The summed E-state index contributed by atoms with van der Waals surface area (Å²) in [5, 5.41) is 0. The summed E-state index contributed by atoms with van der Waals surface area (Å²) in [4.78, 5) is 0.970. The largest absolute Gasteiger partial charge is 0.748 e. The van der Waals surface area contributed by atoms with Crippen molar-refractivity contribution in [3.63, 3.8) is 0 Å². The Labute approximate surface area is 160 Å². The molecule has 0 amide bonds. The number of halogens is 4. The molecule has 0 atom stereocenters. The molecule has 28 heavy (non-hydrogen) atoms. The van der Waals surface area contributed by atoms with Crippen LogP contribution in [0.2, 0.25) is 0 Å². The highest BCUT2D eigenvalue weighted by molar-refractivity contribution is 7.89. The quantitative estimate of drug-likeness (QED) is 0.187. The number of aliphatic imine (C=N–C) groups is 1. The molecule has 0 fully saturated rings. The topological polar surface area (TPSA) is 116 Å². The van der Waals surface area contributed by atoms with Crippen molar-refractivity contribution < 1.29 is 43.4 Å². The minimum atomic E-state index is -4.96. The van der Waals surface area contributed by atoms with Gasteiger partial charge in [-0.3, -0.25) is 4.99 Å². The maximum absolute atomic E-state index is 13.9. The van der Waals surface area contributed by atoms with Crippen LogP contribution in [-0.4, -0.2) is 72.1 Å². The number of likely N-dealkylation sites (N-methyl/N-ethyl adjacent to an activating group) is 1. The lowest BCUT2D eigenvalue weighted by Crippen LogP contribution is -2.46. The molecule has 14 heteroatoms. The smallest absolute Gasteiger partial charge is 0.246 e. The fraction of sp³-hybridized carbons (Fsp3) is 0.500. The molecular weight excluding hydrogens is 430 g/mol. The molecule has 0 radical (unpaired) electrons. The zero-order chi connectivity index (χ0) is 21.9. The number of rotatable bonds is 10. The van der Waals surface area contributed by atoms with Crippen LogP contribution >= 0.6 is 0 Å². The summed E-state index contributed by atoms with van der Waals surface area (Å²) in [5.74, 6) is -8.86. The predicted molar refractivity (Wildman–Crippen MR) is 91.7 cm³/mol. The number of benzene rings is 1. The van der Waals surface area contributed by atoms with Gasteiger partial charge in [0.25, 0.3) is 0 Å². The van der Waals surface area contributed by atoms with E-state index in [4.69, 9.17) is 0 Å². The van der Waals surface area contributed by atoms with Crippen molar-refractivity contribution in [3.8, 4) is 0 Å². The Hall–Kier alpha value is -1.61. The number of hydrogen-bond acceptors (Lipinski definition) is 6. The highest BCUT2D eigenvalue weighted by atomic mass is 32.2. The Bertz CT molecular complexity index is 937. The normalized spacial score (nSPS) is 13.0. The molecule has 0 unspecified atom stereocenters. The SMILES string of the molecule is C=Nc1c(F)c(F)c(S(=O)(=O)NCC[N+](C)(C)CCCS(=O)(=O)[O-])c(F)c1F. The van der Waals surface area contributed by atoms with Gasteiger partial charge in [-0.25, -0.2) is 39.1 Å². The van der Waals surface area contributed by atoms with Crippen LogP contribution in [0.5, 0.6) is 0 Å². The van der Waals surface area contributed by atoms with Gasteiger partial charge >= 0.3 is 0 Å². The van der Waals surface area contributed by atoms with Gasteiger partial charge in [0.15, 0.2) is 28.2 Å². The van der Waals surface area contributed by atoms with Crippen molar-refractivity contribution in [2.24, 2.45) is 4.99 Å². The molecular formula is C14H19F4N3O5S2. The minimum absolute atomic E-state index is 0.0152. The van der Waals surface area contributed by atoms with Crippen LogP contribution in [-0.2, 0) is 20.1 Å². The van der Waals surface area contributed by atoms with E-state index >= 15 is 0 Å². The molecule has 1 N–H and O–H groups in total. The maximum Gasteiger partial charge on any atom is 0.246 e. The summed E-state index contributed by atoms with van der Waals surface area (Å²) in [7, 11) is -6.16. The fourth-order valence-corrected chi connectivity index (χ4v) is 3.95. The Balaban J connectivity index is 2.92. The molecule has 1 aromatic carbocycles. The number of quaternary nitrogens is 1. The van der Waals surface area contributed by atoms with E-state index in [9.17, 15) is 39.0 Å².